The number of benzene rings is 1. The van der Waals surface area contributed by atoms with Crippen molar-refractivity contribution in [3.8, 4) is 11.4 Å². The van der Waals surface area contributed by atoms with E-state index in [1.807, 2.05) is 0 Å². The van der Waals surface area contributed by atoms with Crippen LogP contribution in [0.2, 0.25) is 0 Å². The van der Waals surface area contributed by atoms with Crippen molar-refractivity contribution in [1.82, 2.24) is 20.1 Å². The van der Waals surface area contributed by atoms with E-state index in [0.29, 0.717) is 11.9 Å². The van der Waals surface area contributed by atoms with Crippen molar-refractivity contribution in [3.63, 3.8) is 0 Å². The molecule has 0 spiro atoms. The molecule has 1 aromatic heterocycles. The molecule has 3 rings (SSSR count). The highest BCUT2D eigenvalue weighted by molar-refractivity contribution is 5.56. The molecule has 1 aromatic carbocycles. The van der Waals surface area contributed by atoms with Gasteiger partial charge in [0.15, 0.2) is 5.82 Å². The summed E-state index contributed by atoms with van der Waals surface area (Å²) in [4.78, 5) is 14.4. The lowest BCUT2D eigenvalue weighted by atomic mass is 10.2. The van der Waals surface area contributed by atoms with Crippen molar-refractivity contribution in [1.29, 1.82) is 0 Å². The first kappa shape index (κ1) is 12.7. The lowest BCUT2D eigenvalue weighted by Crippen LogP contribution is -2.22. The molecule has 0 aliphatic heterocycles. The average molecular weight is 273 g/mol. The summed E-state index contributed by atoms with van der Waals surface area (Å²) in [6.45, 7) is 1.66. The molecule has 0 saturated heterocycles. The molecule has 1 aliphatic rings. The molecule has 1 fully saturated rings. The molecule has 2 aromatic rings. The summed E-state index contributed by atoms with van der Waals surface area (Å²) in [7, 11) is 0. The zero-order chi connectivity index (χ0) is 13.9. The Balaban J connectivity index is 1.64. The first-order valence-corrected chi connectivity index (χ1v) is 6.60. The van der Waals surface area contributed by atoms with Crippen LogP contribution in [0.5, 0.6) is 0 Å². The van der Waals surface area contributed by atoms with Crippen molar-refractivity contribution < 1.29 is 4.92 Å². The molecule has 1 N–H and O–H groups in total. The van der Waals surface area contributed by atoms with Gasteiger partial charge in [0.25, 0.3) is 5.69 Å². The minimum Gasteiger partial charge on any atom is -0.312 e. The second-order valence-electron chi connectivity index (χ2n) is 4.86. The fourth-order valence-corrected chi connectivity index (χ4v) is 1.94. The highest BCUT2D eigenvalue weighted by atomic mass is 16.6. The maximum atomic E-state index is 10.6. The number of nitro groups is 1. The summed E-state index contributed by atoms with van der Waals surface area (Å²) in [5, 5.41) is 18.4. The molecule has 1 heterocycles. The number of nitro benzene ring substituents is 1. The van der Waals surface area contributed by atoms with Gasteiger partial charge < -0.3 is 5.32 Å². The van der Waals surface area contributed by atoms with Gasteiger partial charge in [-0.1, -0.05) is 0 Å². The van der Waals surface area contributed by atoms with Crippen LogP contribution in [-0.2, 0) is 6.54 Å². The van der Waals surface area contributed by atoms with E-state index in [4.69, 9.17) is 0 Å². The molecule has 0 unspecified atom stereocenters. The van der Waals surface area contributed by atoms with E-state index < -0.39 is 4.92 Å². The molecule has 0 atom stereocenters. The molecule has 104 valence electrons. The van der Waals surface area contributed by atoms with Gasteiger partial charge in [0, 0.05) is 30.3 Å². The van der Waals surface area contributed by atoms with E-state index in [-0.39, 0.29) is 5.69 Å². The number of nitrogens with zero attached hydrogens (tertiary/aromatic N) is 4. The molecule has 1 saturated carbocycles. The highest BCUT2D eigenvalue weighted by Crippen LogP contribution is 2.19. The Labute approximate surface area is 115 Å². The molecular formula is C13H15N5O2. The lowest BCUT2D eigenvalue weighted by Gasteiger charge is -2.01. The number of rotatable bonds is 6. The quantitative estimate of drug-likeness (QED) is 0.638. The van der Waals surface area contributed by atoms with Crippen molar-refractivity contribution in [2.45, 2.75) is 25.4 Å². The summed E-state index contributed by atoms with van der Waals surface area (Å²) >= 11 is 0. The van der Waals surface area contributed by atoms with Crippen molar-refractivity contribution in [3.05, 3.63) is 40.7 Å². The van der Waals surface area contributed by atoms with E-state index in [9.17, 15) is 10.1 Å². The Morgan fingerprint density at radius 3 is 2.75 bits per heavy atom. The highest BCUT2D eigenvalue weighted by Gasteiger charge is 2.19. The summed E-state index contributed by atoms with van der Waals surface area (Å²) in [6.07, 6.45) is 4.22. The molecule has 0 bridgehead atoms. The Hall–Kier alpha value is -2.28. The second-order valence-corrected chi connectivity index (χ2v) is 4.86. The number of aromatic nitrogens is 3. The minimum atomic E-state index is -0.417. The van der Waals surface area contributed by atoms with Gasteiger partial charge in [-0.2, -0.15) is 5.10 Å². The first-order valence-electron chi connectivity index (χ1n) is 6.60. The van der Waals surface area contributed by atoms with Gasteiger partial charge in [-0.15, -0.1) is 0 Å². The number of hydrogen-bond donors (Lipinski definition) is 1. The standard InChI is InChI=1S/C13H15N5O2/c19-18(20)12-5-1-10(2-6-12)13-15-9-17(16-13)8-7-14-11-3-4-11/h1-2,5-6,9,11,14H,3-4,7-8H2. The van der Waals surface area contributed by atoms with Crippen molar-refractivity contribution in [2.75, 3.05) is 6.54 Å². The Morgan fingerprint density at radius 2 is 2.10 bits per heavy atom. The second kappa shape index (κ2) is 5.38. The maximum Gasteiger partial charge on any atom is 0.269 e. The SMILES string of the molecule is O=[N+]([O-])c1ccc(-c2ncn(CCNC3CC3)n2)cc1. The third-order valence-corrected chi connectivity index (χ3v) is 3.22. The predicted molar refractivity (Wildman–Crippen MR) is 73.1 cm³/mol. The van der Waals surface area contributed by atoms with Crippen LogP contribution in [0.1, 0.15) is 12.8 Å². The maximum absolute atomic E-state index is 10.6. The number of nitrogens with one attached hydrogen (secondary N) is 1. The Kier molecular flexibility index (Phi) is 3.42. The van der Waals surface area contributed by atoms with Crippen LogP contribution < -0.4 is 5.32 Å². The van der Waals surface area contributed by atoms with Gasteiger partial charge in [0.2, 0.25) is 0 Å². The number of hydrogen-bond acceptors (Lipinski definition) is 5. The van der Waals surface area contributed by atoms with E-state index in [0.717, 1.165) is 18.7 Å². The van der Waals surface area contributed by atoms with Gasteiger partial charge in [-0.25, -0.2) is 4.98 Å². The number of non-ortho nitro benzene ring substituents is 1. The van der Waals surface area contributed by atoms with Crippen LogP contribution in [0.3, 0.4) is 0 Å². The Bertz CT molecular complexity index is 603. The lowest BCUT2D eigenvalue weighted by molar-refractivity contribution is -0.384. The smallest absolute Gasteiger partial charge is 0.269 e. The van der Waals surface area contributed by atoms with Crippen LogP contribution in [-0.4, -0.2) is 32.3 Å². The van der Waals surface area contributed by atoms with Crippen LogP contribution in [0.25, 0.3) is 11.4 Å². The van der Waals surface area contributed by atoms with Crippen molar-refractivity contribution in [2.24, 2.45) is 0 Å². The van der Waals surface area contributed by atoms with Crippen LogP contribution in [0.4, 0.5) is 5.69 Å². The molecular weight excluding hydrogens is 258 g/mol. The third-order valence-electron chi connectivity index (χ3n) is 3.22. The van der Waals surface area contributed by atoms with E-state index in [1.165, 1.54) is 25.0 Å². The van der Waals surface area contributed by atoms with Crippen LogP contribution in [0.15, 0.2) is 30.6 Å². The summed E-state index contributed by atoms with van der Waals surface area (Å²) < 4.78 is 1.78. The molecule has 7 nitrogen and oxygen atoms in total. The monoisotopic (exact) mass is 273 g/mol. The largest absolute Gasteiger partial charge is 0.312 e. The first-order chi connectivity index (χ1) is 9.72. The predicted octanol–water partition coefficient (Wildman–Crippen LogP) is 1.61. The van der Waals surface area contributed by atoms with E-state index >= 15 is 0 Å². The molecule has 0 radical (unpaired) electrons. The van der Waals surface area contributed by atoms with E-state index in [2.05, 4.69) is 15.4 Å². The van der Waals surface area contributed by atoms with Gasteiger partial charge in [0.05, 0.1) is 11.5 Å². The van der Waals surface area contributed by atoms with Gasteiger partial charge in [-0.05, 0) is 25.0 Å². The summed E-state index contributed by atoms with van der Waals surface area (Å²) in [5.74, 6) is 0.589. The third kappa shape index (κ3) is 3.00. The normalized spacial score (nSPS) is 14.4. The zero-order valence-corrected chi connectivity index (χ0v) is 10.9. The molecule has 7 heteroatoms. The van der Waals surface area contributed by atoms with Gasteiger partial charge in [0.1, 0.15) is 6.33 Å². The van der Waals surface area contributed by atoms with Crippen molar-refractivity contribution >= 4 is 5.69 Å². The minimum absolute atomic E-state index is 0.0711. The fraction of sp³-hybridized carbons (Fsp3) is 0.385. The Morgan fingerprint density at radius 1 is 1.35 bits per heavy atom. The average Bonchev–Trinajstić information content (AvgIpc) is 3.15. The van der Waals surface area contributed by atoms with Gasteiger partial charge in [-0.3, -0.25) is 14.8 Å². The zero-order valence-electron chi connectivity index (χ0n) is 10.9. The molecule has 20 heavy (non-hydrogen) atoms. The topological polar surface area (TPSA) is 85.9 Å². The molecule has 1 aliphatic carbocycles. The van der Waals surface area contributed by atoms with E-state index in [1.54, 1.807) is 23.1 Å². The van der Waals surface area contributed by atoms with Crippen LogP contribution in [0, 0.1) is 10.1 Å². The molecule has 0 amide bonds. The van der Waals surface area contributed by atoms with Gasteiger partial charge >= 0.3 is 0 Å². The summed E-state index contributed by atoms with van der Waals surface area (Å²) in [6, 6.07) is 6.95. The fourth-order valence-electron chi connectivity index (χ4n) is 1.94. The van der Waals surface area contributed by atoms with Crippen LogP contribution >= 0.6 is 0 Å². The summed E-state index contributed by atoms with van der Waals surface area (Å²) in [5.41, 5.74) is 0.853.